The minimum absolute atomic E-state index is 0.0364. The highest BCUT2D eigenvalue weighted by Crippen LogP contribution is 2.33. The fraction of sp³-hybridized carbons (Fsp3) is 0.438. The highest BCUT2D eigenvalue weighted by molar-refractivity contribution is 8.00. The average Bonchev–Trinajstić information content (AvgIpc) is 2.54. The molecule has 0 aromatic heterocycles. The number of hydrogen-bond acceptors (Lipinski definition) is 5. The van der Waals surface area contributed by atoms with Gasteiger partial charge in [-0.05, 0) is 31.5 Å². The first-order chi connectivity index (χ1) is 10.6. The van der Waals surface area contributed by atoms with E-state index < -0.39 is 0 Å². The molecule has 1 aliphatic heterocycles. The fourth-order valence-corrected chi connectivity index (χ4v) is 2.91. The maximum Gasteiger partial charge on any atom is 0.265 e. The van der Waals surface area contributed by atoms with Gasteiger partial charge in [0.1, 0.15) is 5.75 Å². The second kappa shape index (κ2) is 7.32. The van der Waals surface area contributed by atoms with Crippen LogP contribution >= 0.6 is 11.8 Å². The van der Waals surface area contributed by atoms with Crippen LogP contribution in [-0.4, -0.2) is 35.8 Å². The van der Waals surface area contributed by atoms with E-state index in [2.05, 4.69) is 0 Å². The largest absolute Gasteiger partial charge is 0.482 e. The number of hydrogen-bond donors (Lipinski definition) is 0. The molecule has 116 valence electrons. The zero-order valence-corrected chi connectivity index (χ0v) is 13.5. The minimum Gasteiger partial charge on any atom is -0.482 e. The van der Waals surface area contributed by atoms with Crippen molar-refractivity contribution in [3.63, 3.8) is 0 Å². The Morgan fingerprint density at radius 1 is 1.55 bits per heavy atom. The summed E-state index contributed by atoms with van der Waals surface area (Å²) in [5.74, 6) is 0.770. The van der Waals surface area contributed by atoms with Gasteiger partial charge in [0.05, 0.1) is 22.8 Å². The molecule has 1 aromatic carbocycles. The van der Waals surface area contributed by atoms with Crippen molar-refractivity contribution in [3.8, 4) is 11.8 Å². The lowest BCUT2D eigenvalue weighted by atomic mass is 10.1. The molecule has 0 fully saturated rings. The van der Waals surface area contributed by atoms with Gasteiger partial charge in [-0.15, -0.1) is 11.8 Å². The molecule has 5 nitrogen and oxygen atoms in total. The van der Waals surface area contributed by atoms with Crippen LogP contribution < -0.4 is 9.64 Å². The Kier molecular flexibility index (Phi) is 5.45. The van der Waals surface area contributed by atoms with Gasteiger partial charge in [-0.2, -0.15) is 5.26 Å². The predicted octanol–water partition coefficient (Wildman–Crippen LogP) is 2.65. The third-order valence-electron chi connectivity index (χ3n) is 3.40. The lowest BCUT2D eigenvalue weighted by Gasteiger charge is -2.29. The Morgan fingerprint density at radius 2 is 2.32 bits per heavy atom. The first kappa shape index (κ1) is 16.4. The number of carbonyl (C=O) groups excluding carboxylic acids is 2. The van der Waals surface area contributed by atoms with Crippen LogP contribution in [0.4, 0.5) is 5.69 Å². The predicted molar refractivity (Wildman–Crippen MR) is 86.4 cm³/mol. The Balaban J connectivity index is 2.28. The molecule has 1 aromatic rings. The number of Topliss-reactive ketones (excluding diaryl/α,β-unsaturated/α-hetero) is 1. The second-order valence-electron chi connectivity index (χ2n) is 4.99. The number of nitrogens with zero attached hydrogens (tertiary/aromatic N) is 2. The van der Waals surface area contributed by atoms with Crippen LogP contribution in [0.1, 0.15) is 30.6 Å². The normalized spacial score (nSPS) is 14.8. The fourth-order valence-electron chi connectivity index (χ4n) is 2.30. The van der Waals surface area contributed by atoms with Crippen molar-refractivity contribution in [2.45, 2.75) is 25.5 Å². The van der Waals surface area contributed by atoms with Crippen LogP contribution in [0, 0.1) is 11.3 Å². The van der Waals surface area contributed by atoms with Crippen molar-refractivity contribution in [2.24, 2.45) is 0 Å². The monoisotopic (exact) mass is 318 g/mol. The van der Waals surface area contributed by atoms with Gasteiger partial charge in [0.25, 0.3) is 5.91 Å². The molecule has 0 aliphatic carbocycles. The number of carbonyl (C=O) groups is 2. The van der Waals surface area contributed by atoms with E-state index in [-0.39, 0.29) is 29.3 Å². The van der Waals surface area contributed by atoms with Crippen LogP contribution in [-0.2, 0) is 4.79 Å². The number of thioether (sulfide) groups is 1. The highest BCUT2D eigenvalue weighted by atomic mass is 32.2. The van der Waals surface area contributed by atoms with E-state index >= 15 is 0 Å². The zero-order chi connectivity index (χ0) is 16.1. The number of anilines is 1. The van der Waals surface area contributed by atoms with Crippen molar-refractivity contribution in [1.29, 1.82) is 5.26 Å². The third-order valence-corrected chi connectivity index (χ3v) is 4.41. The van der Waals surface area contributed by atoms with Gasteiger partial charge in [0.15, 0.2) is 12.4 Å². The molecule has 22 heavy (non-hydrogen) atoms. The first-order valence-electron chi connectivity index (χ1n) is 7.18. The van der Waals surface area contributed by atoms with Crippen LogP contribution in [0.15, 0.2) is 18.2 Å². The summed E-state index contributed by atoms with van der Waals surface area (Å²) in [6, 6.07) is 7.19. The van der Waals surface area contributed by atoms with E-state index in [1.165, 1.54) is 11.8 Å². The van der Waals surface area contributed by atoms with E-state index in [9.17, 15) is 9.59 Å². The number of amides is 1. The standard InChI is InChI=1S/C16H18N2O3S/c1-3-7-18-13-9-12(16(20)11(2)22-8-6-17)4-5-14(13)21-10-15(18)19/h4-5,9,11H,3,7-8,10H2,1-2H3. The Hall–Kier alpha value is -2.00. The van der Waals surface area contributed by atoms with Crippen molar-refractivity contribution < 1.29 is 14.3 Å². The van der Waals surface area contributed by atoms with Crippen LogP contribution in [0.25, 0.3) is 0 Å². The molecule has 0 saturated carbocycles. The first-order valence-corrected chi connectivity index (χ1v) is 8.23. The summed E-state index contributed by atoms with van der Waals surface area (Å²) >= 11 is 1.31. The van der Waals surface area contributed by atoms with Crippen LogP contribution in [0.2, 0.25) is 0 Å². The molecule has 0 bridgehead atoms. The minimum atomic E-state index is -0.294. The maximum atomic E-state index is 12.4. The summed E-state index contributed by atoms with van der Waals surface area (Å²) in [6.45, 7) is 4.42. The number of benzene rings is 1. The quantitative estimate of drug-likeness (QED) is 0.754. The molecule has 1 aliphatic rings. The number of nitriles is 1. The number of ether oxygens (including phenoxy) is 1. The molecule has 0 N–H and O–H groups in total. The smallest absolute Gasteiger partial charge is 0.265 e. The summed E-state index contributed by atoms with van der Waals surface area (Å²) in [6.07, 6.45) is 0.831. The van der Waals surface area contributed by atoms with E-state index in [0.717, 1.165) is 6.42 Å². The Bertz CT molecular complexity index is 624. The molecule has 2 rings (SSSR count). The summed E-state index contributed by atoms with van der Waals surface area (Å²) in [5.41, 5.74) is 1.19. The number of ketones is 1. The van der Waals surface area contributed by atoms with Gasteiger partial charge < -0.3 is 9.64 Å². The molecule has 0 radical (unpaired) electrons. The molecule has 1 atom stereocenters. The maximum absolute atomic E-state index is 12.4. The van der Waals surface area contributed by atoms with E-state index in [1.807, 2.05) is 13.0 Å². The molecule has 6 heteroatoms. The molecule has 0 saturated heterocycles. The summed E-state index contributed by atoms with van der Waals surface area (Å²) in [7, 11) is 0. The highest BCUT2D eigenvalue weighted by Gasteiger charge is 2.26. The summed E-state index contributed by atoms with van der Waals surface area (Å²) < 4.78 is 5.42. The molecule has 1 unspecified atom stereocenters. The van der Waals surface area contributed by atoms with Gasteiger partial charge in [0.2, 0.25) is 0 Å². The van der Waals surface area contributed by atoms with Gasteiger partial charge in [-0.3, -0.25) is 9.59 Å². The van der Waals surface area contributed by atoms with E-state index in [1.54, 1.807) is 30.0 Å². The molecular formula is C16H18N2O3S. The average molecular weight is 318 g/mol. The third kappa shape index (κ3) is 3.42. The van der Waals surface area contributed by atoms with E-state index in [0.29, 0.717) is 23.5 Å². The second-order valence-corrected chi connectivity index (χ2v) is 6.32. The number of fused-ring (bicyclic) bond motifs is 1. The Morgan fingerprint density at radius 3 is 3.00 bits per heavy atom. The summed E-state index contributed by atoms with van der Waals surface area (Å²) in [4.78, 5) is 26.1. The van der Waals surface area contributed by atoms with Crippen molar-refractivity contribution in [2.75, 3.05) is 23.8 Å². The molecule has 1 amide bonds. The van der Waals surface area contributed by atoms with Crippen molar-refractivity contribution in [1.82, 2.24) is 0 Å². The van der Waals surface area contributed by atoms with Gasteiger partial charge in [0, 0.05) is 12.1 Å². The van der Waals surface area contributed by atoms with Crippen molar-refractivity contribution >= 4 is 29.1 Å². The molecule has 0 spiro atoms. The summed E-state index contributed by atoms with van der Waals surface area (Å²) in [5, 5.41) is 8.31. The lowest BCUT2D eigenvalue weighted by Crippen LogP contribution is -2.39. The molecular weight excluding hydrogens is 300 g/mol. The number of rotatable bonds is 6. The zero-order valence-electron chi connectivity index (χ0n) is 12.7. The van der Waals surface area contributed by atoms with Gasteiger partial charge in [-0.1, -0.05) is 6.92 Å². The topological polar surface area (TPSA) is 70.4 Å². The molecule has 1 heterocycles. The lowest BCUT2D eigenvalue weighted by molar-refractivity contribution is -0.121. The van der Waals surface area contributed by atoms with E-state index in [4.69, 9.17) is 10.00 Å². The SMILES string of the molecule is CCCN1C(=O)COc2ccc(C(=O)C(C)SCC#N)cc21. The van der Waals surface area contributed by atoms with Gasteiger partial charge in [-0.25, -0.2) is 0 Å². The van der Waals surface area contributed by atoms with Crippen LogP contribution in [0.3, 0.4) is 0 Å². The Labute approximate surface area is 134 Å². The van der Waals surface area contributed by atoms with Crippen molar-refractivity contribution in [3.05, 3.63) is 23.8 Å². The van der Waals surface area contributed by atoms with Crippen LogP contribution in [0.5, 0.6) is 5.75 Å². The van der Waals surface area contributed by atoms with Gasteiger partial charge >= 0.3 is 0 Å².